The molecule has 0 N–H and O–H groups in total. The van der Waals surface area contributed by atoms with Crippen LogP contribution in [0, 0.1) is 11.8 Å². The number of carbonyl (C=O) groups excluding carboxylic acids is 3. The highest BCUT2D eigenvalue weighted by atomic mass is 32.2. The Morgan fingerprint density at radius 2 is 1.74 bits per heavy atom. The Balaban J connectivity index is 1.82. The Bertz CT molecular complexity index is 820. The fourth-order valence-corrected chi connectivity index (χ4v) is 7.19. The van der Waals surface area contributed by atoms with Gasteiger partial charge in [0.25, 0.3) is 0 Å². The predicted molar refractivity (Wildman–Crippen MR) is 85.8 cm³/mol. The topological polar surface area (TPSA) is 57.7 Å². The van der Waals surface area contributed by atoms with Crippen molar-refractivity contribution in [3.8, 4) is 0 Å². The van der Waals surface area contributed by atoms with Gasteiger partial charge in [0.15, 0.2) is 0 Å². The molecule has 3 saturated heterocycles. The van der Waals surface area contributed by atoms with Crippen molar-refractivity contribution >= 4 is 35.2 Å². The first kappa shape index (κ1) is 13.6. The summed E-state index contributed by atoms with van der Waals surface area (Å²) in [6.07, 6.45) is 0. The van der Waals surface area contributed by atoms with Gasteiger partial charge in [0.05, 0.1) is 17.1 Å². The normalized spacial score (nSPS) is 39.1. The lowest BCUT2D eigenvalue weighted by Crippen LogP contribution is -2.61. The monoisotopic (exact) mass is 328 g/mol. The standard InChI is InChI=1S/C17H16N2O3S/c1-16(2)8-6-4-5-7-9(8)19-15(22)12-10-11(17(16,19)23-12)14(21)18(3)13(10)20/h4-7,10-12H,1-3H3/t10-,11-,12-,17-/m1/s1. The maximum absolute atomic E-state index is 13.0. The van der Waals surface area contributed by atoms with E-state index in [1.54, 1.807) is 0 Å². The van der Waals surface area contributed by atoms with Crippen LogP contribution in [0.15, 0.2) is 24.3 Å². The van der Waals surface area contributed by atoms with Crippen molar-refractivity contribution in [3.63, 3.8) is 0 Å². The molecule has 2 bridgehead atoms. The van der Waals surface area contributed by atoms with Crippen molar-refractivity contribution in [3.05, 3.63) is 29.8 Å². The lowest BCUT2D eigenvalue weighted by Gasteiger charge is -2.44. The number of para-hydroxylation sites is 1. The van der Waals surface area contributed by atoms with Crippen LogP contribution in [-0.4, -0.2) is 39.8 Å². The lowest BCUT2D eigenvalue weighted by molar-refractivity contribution is -0.138. The number of fused-ring (bicyclic) bond motifs is 5. The molecule has 23 heavy (non-hydrogen) atoms. The number of hydrogen-bond acceptors (Lipinski definition) is 4. The highest BCUT2D eigenvalue weighted by Crippen LogP contribution is 2.72. The van der Waals surface area contributed by atoms with Gasteiger partial charge >= 0.3 is 0 Å². The molecule has 5 nitrogen and oxygen atoms in total. The molecule has 4 heterocycles. The second-order valence-electron chi connectivity index (χ2n) is 7.29. The minimum atomic E-state index is -0.680. The summed E-state index contributed by atoms with van der Waals surface area (Å²) < 4.78 is 0. The molecule has 1 spiro atoms. The van der Waals surface area contributed by atoms with Crippen molar-refractivity contribution in [1.82, 2.24) is 4.90 Å². The SMILES string of the molecule is CN1C(=O)[C@H]2[C@H]3S[C@@]4([C@H]2C1=O)N(C3=O)c1ccccc1C4(C)C. The third-order valence-corrected chi connectivity index (χ3v) is 8.19. The lowest BCUT2D eigenvalue weighted by atomic mass is 9.69. The van der Waals surface area contributed by atoms with Crippen LogP contribution in [0.2, 0.25) is 0 Å². The van der Waals surface area contributed by atoms with E-state index in [0.29, 0.717) is 0 Å². The fourth-order valence-electron chi connectivity index (χ4n) is 5.08. The largest absolute Gasteiger partial charge is 0.294 e. The van der Waals surface area contributed by atoms with E-state index in [1.165, 1.54) is 23.7 Å². The van der Waals surface area contributed by atoms with Gasteiger partial charge in [-0.25, -0.2) is 0 Å². The molecule has 1 aromatic rings. The molecule has 3 fully saturated rings. The van der Waals surface area contributed by atoms with Crippen molar-refractivity contribution in [1.29, 1.82) is 0 Å². The van der Waals surface area contributed by atoms with E-state index in [2.05, 4.69) is 13.8 Å². The van der Waals surface area contributed by atoms with Crippen LogP contribution >= 0.6 is 11.8 Å². The quantitative estimate of drug-likeness (QED) is 0.675. The molecule has 118 valence electrons. The minimum Gasteiger partial charge on any atom is -0.294 e. The first-order valence-corrected chi connectivity index (χ1v) is 8.65. The van der Waals surface area contributed by atoms with E-state index in [0.717, 1.165) is 11.3 Å². The van der Waals surface area contributed by atoms with Gasteiger partial charge in [0.1, 0.15) is 4.87 Å². The molecule has 0 radical (unpaired) electrons. The minimum absolute atomic E-state index is 0.0225. The Morgan fingerprint density at radius 3 is 2.48 bits per heavy atom. The predicted octanol–water partition coefficient (Wildman–Crippen LogP) is 1.37. The number of hydrogen-bond donors (Lipinski definition) is 0. The second kappa shape index (κ2) is 3.64. The second-order valence-corrected chi connectivity index (χ2v) is 8.66. The zero-order valence-corrected chi connectivity index (χ0v) is 13.9. The summed E-state index contributed by atoms with van der Waals surface area (Å²) in [5.74, 6) is -1.32. The van der Waals surface area contributed by atoms with Gasteiger partial charge in [-0.1, -0.05) is 32.0 Å². The smallest absolute Gasteiger partial charge is 0.242 e. The van der Waals surface area contributed by atoms with Gasteiger partial charge in [-0.05, 0) is 11.6 Å². The van der Waals surface area contributed by atoms with Crippen molar-refractivity contribution < 1.29 is 14.4 Å². The number of nitrogens with zero attached hydrogens (tertiary/aromatic N) is 2. The van der Waals surface area contributed by atoms with E-state index >= 15 is 0 Å². The highest BCUT2D eigenvalue weighted by molar-refractivity contribution is 8.03. The molecule has 0 unspecified atom stereocenters. The number of imide groups is 1. The first-order valence-electron chi connectivity index (χ1n) is 7.77. The van der Waals surface area contributed by atoms with E-state index in [-0.39, 0.29) is 23.1 Å². The number of thioether (sulfide) groups is 1. The fraction of sp³-hybridized carbons (Fsp3) is 0.471. The number of piperidine rings is 1. The molecule has 0 aliphatic carbocycles. The summed E-state index contributed by atoms with van der Waals surface area (Å²) in [6.45, 7) is 4.18. The third kappa shape index (κ3) is 1.12. The van der Waals surface area contributed by atoms with Crippen LogP contribution in [0.4, 0.5) is 5.69 Å². The third-order valence-electron chi connectivity index (χ3n) is 6.14. The Morgan fingerprint density at radius 1 is 1.04 bits per heavy atom. The number of benzene rings is 1. The van der Waals surface area contributed by atoms with E-state index in [9.17, 15) is 14.4 Å². The maximum Gasteiger partial charge on any atom is 0.242 e. The van der Waals surface area contributed by atoms with Crippen LogP contribution in [0.3, 0.4) is 0 Å². The molecule has 6 heteroatoms. The summed E-state index contributed by atoms with van der Waals surface area (Å²) in [6, 6.07) is 7.86. The van der Waals surface area contributed by atoms with Crippen LogP contribution in [0.5, 0.6) is 0 Å². The highest BCUT2D eigenvalue weighted by Gasteiger charge is 2.80. The molecule has 1 aromatic carbocycles. The average Bonchev–Trinajstić information content (AvgIpc) is 3.16. The summed E-state index contributed by atoms with van der Waals surface area (Å²) >= 11 is 1.53. The molecule has 4 atom stereocenters. The molecule has 0 saturated carbocycles. The van der Waals surface area contributed by atoms with Crippen molar-refractivity contribution in [2.45, 2.75) is 29.4 Å². The van der Waals surface area contributed by atoms with Crippen molar-refractivity contribution in [2.75, 3.05) is 11.9 Å². The zero-order chi connectivity index (χ0) is 16.3. The summed E-state index contributed by atoms with van der Waals surface area (Å²) in [7, 11) is 1.54. The summed E-state index contributed by atoms with van der Waals surface area (Å²) in [4.78, 5) is 40.7. The van der Waals surface area contributed by atoms with Gasteiger partial charge in [-0.2, -0.15) is 0 Å². The van der Waals surface area contributed by atoms with Crippen LogP contribution in [0.1, 0.15) is 19.4 Å². The Kier molecular flexibility index (Phi) is 2.15. The number of anilines is 1. The van der Waals surface area contributed by atoms with Crippen molar-refractivity contribution in [2.24, 2.45) is 11.8 Å². The van der Waals surface area contributed by atoms with Crippen LogP contribution in [-0.2, 0) is 19.8 Å². The molecular weight excluding hydrogens is 312 g/mol. The van der Waals surface area contributed by atoms with Gasteiger partial charge in [0, 0.05) is 18.2 Å². The molecule has 4 aliphatic rings. The maximum atomic E-state index is 13.0. The van der Waals surface area contributed by atoms with Gasteiger partial charge < -0.3 is 0 Å². The Labute approximate surface area is 138 Å². The van der Waals surface area contributed by atoms with Crippen LogP contribution < -0.4 is 4.90 Å². The Hall–Kier alpha value is -1.82. The van der Waals surface area contributed by atoms with Gasteiger partial charge in [-0.3, -0.25) is 24.2 Å². The average molecular weight is 328 g/mol. The van der Waals surface area contributed by atoms with Gasteiger partial charge in [0.2, 0.25) is 17.7 Å². The molecule has 4 aliphatic heterocycles. The molecule has 0 aromatic heterocycles. The zero-order valence-electron chi connectivity index (χ0n) is 13.1. The number of likely N-dealkylation sites (tertiary alicyclic amines) is 1. The summed E-state index contributed by atoms with van der Waals surface area (Å²) in [5, 5.41) is -0.436. The van der Waals surface area contributed by atoms with Gasteiger partial charge in [-0.15, -0.1) is 11.8 Å². The van der Waals surface area contributed by atoms with Crippen LogP contribution in [0.25, 0.3) is 0 Å². The number of rotatable bonds is 0. The van der Waals surface area contributed by atoms with E-state index in [1.807, 2.05) is 29.2 Å². The molecule has 5 rings (SSSR count). The van der Waals surface area contributed by atoms with E-state index < -0.39 is 22.0 Å². The number of amides is 3. The summed E-state index contributed by atoms with van der Waals surface area (Å²) in [5.41, 5.74) is 1.58. The van der Waals surface area contributed by atoms with E-state index in [4.69, 9.17) is 0 Å². The molecular formula is C17H16N2O3S. The first-order chi connectivity index (χ1) is 10.8. The molecule has 3 amide bonds. The number of carbonyl (C=O) groups is 3.